The second-order valence-corrected chi connectivity index (χ2v) is 8.02. The van der Waals surface area contributed by atoms with E-state index in [1.165, 1.54) is 15.8 Å². The Balaban J connectivity index is 1.20. The monoisotopic (exact) mass is 494 g/mol. The lowest BCUT2D eigenvalue weighted by Gasteiger charge is -2.03. The number of halogens is 2. The standard InChI is InChI=1S/C21H16Cl2N10O/c22-16-7-6-14(10-17(16)23)11-32-12-24-21(29-32)25-20(34)18-8-9-31(27-18)13-33-28-19(26-30-33)15-4-2-1-3-5-15/h1-10,12H,11,13H2,(H,25,29,34). The molecule has 0 saturated carbocycles. The second kappa shape index (κ2) is 9.41. The van der Waals surface area contributed by atoms with E-state index in [9.17, 15) is 4.79 Å². The van der Waals surface area contributed by atoms with Crippen LogP contribution in [0.1, 0.15) is 16.1 Å². The summed E-state index contributed by atoms with van der Waals surface area (Å²) < 4.78 is 3.11. The number of anilines is 1. The molecule has 1 amide bonds. The maximum atomic E-state index is 12.6. The van der Waals surface area contributed by atoms with Crippen LogP contribution in [-0.4, -0.2) is 50.7 Å². The van der Waals surface area contributed by atoms with E-state index in [4.69, 9.17) is 23.2 Å². The Morgan fingerprint density at radius 2 is 1.79 bits per heavy atom. The molecule has 0 aliphatic heterocycles. The Labute approximate surface area is 202 Å². The molecule has 3 aromatic heterocycles. The van der Waals surface area contributed by atoms with Crippen LogP contribution in [0, 0.1) is 0 Å². The Hall–Kier alpha value is -4.09. The summed E-state index contributed by atoms with van der Waals surface area (Å²) in [6.07, 6.45) is 3.16. The highest BCUT2D eigenvalue weighted by atomic mass is 35.5. The number of benzene rings is 2. The predicted molar refractivity (Wildman–Crippen MR) is 124 cm³/mol. The lowest BCUT2D eigenvalue weighted by molar-refractivity contribution is 0.102. The molecule has 3 heterocycles. The average molecular weight is 495 g/mol. The molecular formula is C21H16Cl2N10O. The molecule has 0 unspecified atom stereocenters. The molecule has 0 fully saturated rings. The summed E-state index contributed by atoms with van der Waals surface area (Å²) in [4.78, 5) is 18.1. The van der Waals surface area contributed by atoms with E-state index >= 15 is 0 Å². The largest absolute Gasteiger partial charge is 0.288 e. The fourth-order valence-corrected chi connectivity index (χ4v) is 3.44. The summed E-state index contributed by atoms with van der Waals surface area (Å²) in [6, 6.07) is 16.4. The molecule has 34 heavy (non-hydrogen) atoms. The Kier molecular flexibility index (Phi) is 6.02. The van der Waals surface area contributed by atoms with Gasteiger partial charge < -0.3 is 0 Å². The van der Waals surface area contributed by atoms with Crippen molar-refractivity contribution in [1.29, 1.82) is 0 Å². The molecule has 5 rings (SSSR count). The first-order valence-corrected chi connectivity index (χ1v) is 10.8. The van der Waals surface area contributed by atoms with Gasteiger partial charge in [0.25, 0.3) is 5.91 Å². The molecule has 5 aromatic rings. The van der Waals surface area contributed by atoms with E-state index in [0.29, 0.717) is 22.4 Å². The van der Waals surface area contributed by atoms with Gasteiger partial charge in [-0.25, -0.2) is 14.3 Å². The van der Waals surface area contributed by atoms with E-state index in [0.717, 1.165) is 11.1 Å². The van der Waals surface area contributed by atoms with Gasteiger partial charge in [-0.3, -0.25) is 10.1 Å². The number of carbonyl (C=O) groups is 1. The number of tetrazole rings is 1. The molecule has 11 nitrogen and oxygen atoms in total. The maximum absolute atomic E-state index is 12.6. The highest BCUT2D eigenvalue weighted by Crippen LogP contribution is 2.23. The van der Waals surface area contributed by atoms with Gasteiger partial charge in [-0.1, -0.05) is 59.6 Å². The first-order chi connectivity index (χ1) is 16.5. The van der Waals surface area contributed by atoms with Crippen molar-refractivity contribution in [3.8, 4) is 11.4 Å². The zero-order valence-corrected chi connectivity index (χ0v) is 19.0. The molecular weight excluding hydrogens is 479 g/mol. The van der Waals surface area contributed by atoms with E-state index < -0.39 is 5.91 Å². The van der Waals surface area contributed by atoms with E-state index in [1.807, 2.05) is 36.4 Å². The lowest BCUT2D eigenvalue weighted by atomic mass is 10.2. The third-order valence-corrected chi connectivity index (χ3v) is 5.46. The molecule has 0 bridgehead atoms. The van der Waals surface area contributed by atoms with Crippen LogP contribution < -0.4 is 5.32 Å². The molecule has 0 radical (unpaired) electrons. The van der Waals surface area contributed by atoms with Gasteiger partial charge in [0.2, 0.25) is 11.8 Å². The molecule has 0 spiro atoms. The summed E-state index contributed by atoms with van der Waals surface area (Å²) in [5, 5.41) is 24.5. The van der Waals surface area contributed by atoms with Crippen LogP contribution in [-0.2, 0) is 13.2 Å². The zero-order valence-electron chi connectivity index (χ0n) is 17.5. The first kappa shape index (κ1) is 21.7. The van der Waals surface area contributed by atoms with Crippen molar-refractivity contribution in [2.45, 2.75) is 13.2 Å². The summed E-state index contributed by atoms with van der Waals surface area (Å²) in [6.45, 7) is 0.619. The van der Waals surface area contributed by atoms with Crippen molar-refractivity contribution in [2.24, 2.45) is 0 Å². The third-order valence-electron chi connectivity index (χ3n) is 4.72. The van der Waals surface area contributed by atoms with E-state index in [-0.39, 0.29) is 18.3 Å². The molecule has 2 aromatic carbocycles. The number of nitrogens with zero attached hydrogens (tertiary/aromatic N) is 9. The summed E-state index contributed by atoms with van der Waals surface area (Å²) in [7, 11) is 0. The number of amides is 1. The minimum absolute atomic E-state index is 0.157. The van der Waals surface area contributed by atoms with Crippen LogP contribution in [0.15, 0.2) is 67.1 Å². The van der Waals surface area contributed by atoms with Crippen LogP contribution in [0.2, 0.25) is 10.0 Å². The smallest absolute Gasteiger partial charge is 0.278 e. The minimum atomic E-state index is -0.442. The van der Waals surface area contributed by atoms with Gasteiger partial charge >= 0.3 is 0 Å². The fourth-order valence-electron chi connectivity index (χ4n) is 3.12. The summed E-state index contributed by atoms with van der Waals surface area (Å²) in [5.74, 6) is 0.223. The summed E-state index contributed by atoms with van der Waals surface area (Å²) in [5.41, 5.74) is 1.96. The number of hydrogen-bond acceptors (Lipinski definition) is 7. The SMILES string of the molecule is O=C(Nc1ncn(Cc2ccc(Cl)c(Cl)c2)n1)c1ccn(Cn2nnc(-c3ccccc3)n2)n1. The topological polar surface area (TPSA) is 121 Å². The van der Waals surface area contributed by atoms with Crippen LogP contribution in [0.3, 0.4) is 0 Å². The molecule has 0 aliphatic rings. The molecule has 13 heteroatoms. The Morgan fingerprint density at radius 3 is 2.62 bits per heavy atom. The quantitative estimate of drug-likeness (QED) is 0.368. The van der Waals surface area contributed by atoms with E-state index in [2.05, 4.69) is 35.9 Å². The molecule has 0 saturated heterocycles. The fraction of sp³-hybridized carbons (Fsp3) is 0.0952. The zero-order chi connectivity index (χ0) is 23.5. The van der Waals surface area contributed by atoms with Gasteiger partial charge in [-0.2, -0.15) is 5.10 Å². The van der Waals surface area contributed by atoms with Gasteiger partial charge in [0.15, 0.2) is 12.4 Å². The number of aromatic nitrogens is 9. The van der Waals surface area contributed by atoms with Gasteiger partial charge in [-0.15, -0.1) is 20.1 Å². The number of hydrogen-bond donors (Lipinski definition) is 1. The Bertz CT molecular complexity index is 1440. The van der Waals surface area contributed by atoms with Crippen LogP contribution >= 0.6 is 23.2 Å². The van der Waals surface area contributed by atoms with Crippen LogP contribution in [0.25, 0.3) is 11.4 Å². The maximum Gasteiger partial charge on any atom is 0.278 e. The van der Waals surface area contributed by atoms with Crippen LogP contribution in [0.5, 0.6) is 0 Å². The van der Waals surface area contributed by atoms with Crippen LogP contribution in [0.4, 0.5) is 5.95 Å². The second-order valence-electron chi connectivity index (χ2n) is 7.20. The predicted octanol–water partition coefficient (Wildman–Crippen LogP) is 3.24. The van der Waals surface area contributed by atoms with Crippen molar-refractivity contribution >= 4 is 35.1 Å². The van der Waals surface area contributed by atoms with Crippen molar-refractivity contribution < 1.29 is 4.79 Å². The average Bonchev–Trinajstić information content (AvgIpc) is 3.59. The normalized spacial score (nSPS) is 11.0. The molecule has 0 atom stereocenters. The van der Waals surface area contributed by atoms with Gasteiger partial charge in [0.05, 0.1) is 16.6 Å². The number of carbonyl (C=O) groups excluding carboxylic acids is 1. The number of rotatable bonds is 7. The van der Waals surface area contributed by atoms with Crippen molar-refractivity contribution in [1.82, 2.24) is 44.8 Å². The molecule has 0 aliphatic carbocycles. The van der Waals surface area contributed by atoms with Crippen molar-refractivity contribution in [2.75, 3.05) is 5.32 Å². The Morgan fingerprint density at radius 1 is 0.941 bits per heavy atom. The minimum Gasteiger partial charge on any atom is -0.288 e. The van der Waals surface area contributed by atoms with E-state index in [1.54, 1.807) is 29.1 Å². The third kappa shape index (κ3) is 4.95. The summed E-state index contributed by atoms with van der Waals surface area (Å²) >= 11 is 12.0. The van der Waals surface area contributed by atoms with Gasteiger partial charge in [0.1, 0.15) is 6.33 Å². The first-order valence-electron chi connectivity index (χ1n) is 10.0. The lowest BCUT2D eigenvalue weighted by Crippen LogP contribution is -2.16. The molecule has 170 valence electrons. The highest BCUT2D eigenvalue weighted by Gasteiger charge is 2.14. The number of nitrogens with one attached hydrogen (secondary N) is 1. The molecule has 1 N–H and O–H groups in total. The highest BCUT2D eigenvalue weighted by molar-refractivity contribution is 6.42. The van der Waals surface area contributed by atoms with Gasteiger partial charge in [0, 0.05) is 11.8 Å². The van der Waals surface area contributed by atoms with Crippen molar-refractivity contribution in [3.05, 3.63) is 88.4 Å². The van der Waals surface area contributed by atoms with Crippen molar-refractivity contribution in [3.63, 3.8) is 0 Å². The van der Waals surface area contributed by atoms with Gasteiger partial charge in [-0.05, 0) is 29.0 Å².